The summed E-state index contributed by atoms with van der Waals surface area (Å²) in [5, 5.41) is 7.06. The number of rotatable bonds is 4. The van der Waals surface area contributed by atoms with Crippen LogP contribution in [0, 0.1) is 12.7 Å². The number of hydrogen-bond donors (Lipinski definition) is 1. The van der Waals surface area contributed by atoms with Gasteiger partial charge in [0.05, 0.1) is 5.69 Å². The Morgan fingerprint density at radius 3 is 2.88 bits per heavy atom. The molecule has 1 aromatic heterocycles. The van der Waals surface area contributed by atoms with Gasteiger partial charge in [-0.3, -0.25) is 0 Å². The molecule has 0 aliphatic rings. The largest absolute Gasteiger partial charge is 0.364 e. The molecule has 0 amide bonds. The Morgan fingerprint density at radius 1 is 1.41 bits per heavy atom. The molecule has 90 valence electrons. The van der Waals surface area contributed by atoms with Crippen molar-refractivity contribution in [3.63, 3.8) is 0 Å². The summed E-state index contributed by atoms with van der Waals surface area (Å²) in [5.41, 5.74) is 2.43. The van der Waals surface area contributed by atoms with Gasteiger partial charge in [0, 0.05) is 18.7 Å². The fourth-order valence-corrected chi connectivity index (χ4v) is 1.58. The second-order valence-corrected chi connectivity index (χ2v) is 4.10. The van der Waals surface area contributed by atoms with Gasteiger partial charge in [-0.15, -0.1) is 0 Å². The quantitative estimate of drug-likeness (QED) is 0.883. The van der Waals surface area contributed by atoms with Gasteiger partial charge in [-0.05, 0) is 31.0 Å². The lowest BCUT2D eigenvalue weighted by Gasteiger charge is -2.13. The number of nitrogens with one attached hydrogen (secondary N) is 1. The van der Waals surface area contributed by atoms with Gasteiger partial charge in [-0.2, -0.15) is 0 Å². The smallest absolute Gasteiger partial charge is 0.126 e. The Labute approximate surface area is 99.6 Å². The van der Waals surface area contributed by atoms with Gasteiger partial charge in [0.2, 0.25) is 0 Å². The normalized spacial score (nSPS) is 12.6. The summed E-state index contributed by atoms with van der Waals surface area (Å²) in [4.78, 5) is 0. The average Bonchev–Trinajstić information content (AvgIpc) is 2.82. The molecule has 1 unspecified atom stereocenters. The molecule has 0 saturated heterocycles. The SMILES string of the molecule is Cc1ccc(C(C)NCc2ccon2)cc1F. The fourth-order valence-electron chi connectivity index (χ4n) is 1.58. The third-order valence-electron chi connectivity index (χ3n) is 2.78. The Kier molecular flexibility index (Phi) is 3.54. The van der Waals surface area contributed by atoms with Crippen LogP contribution in [0.4, 0.5) is 4.39 Å². The summed E-state index contributed by atoms with van der Waals surface area (Å²) in [6.07, 6.45) is 1.53. The Morgan fingerprint density at radius 2 is 2.24 bits per heavy atom. The molecule has 1 heterocycles. The zero-order chi connectivity index (χ0) is 12.3. The number of halogens is 1. The van der Waals surface area contributed by atoms with E-state index in [1.54, 1.807) is 25.1 Å². The van der Waals surface area contributed by atoms with Gasteiger partial charge in [-0.25, -0.2) is 4.39 Å². The van der Waals surface area contributed by atoms with E-state index < -0.39 is 0 Å². The highest BCUT2D eigenvalue weighted by Gasteiger charge is 2.08. The molecule has 1 aromatic carbocycles. The highest BCUT2D eigenvalue weighted by molar-refractivity contribution is 5.25. The molecular weight excluding hydrogens is 219 g/mol. The van der Waals surface area contributed by atoms with E-state index in [1.165, 1.54) is 6.26 Å². The van der Waals surface area contributed by atoms with Crippen LogP contribution in [0.3, 0.4) is 0 Å². The van der Waals surface area contributed by atoms with Crippen molar-refractivity contribution in [3.05, 3.63) is 53.2 Å². The Bertz CT molecular complexity index is 482. The lowest BCUT2D eigenvalue weighted by Crippen LogP contribution is -2.18. The summed E-state index contributed by atoms with van der Waals surface area (Å²) in [5.74, 6) is -0.169. The molecule has 0 radical (unpaired) electrons. The first-order chi connectivity index (χ1) is 8.16. The molecule has 3 nitrogen and oxygen atoms in total. The monoisotopic (exact) mass is 234 g/mol. The molecule has 0 aliphatic heterocycles. The van der Waals surface area contributed by atoms with Crippen LogP contribution in [0.25, 0.3) is 0 Å². The first-order valence-electron chi connectivity index (χ1n) is 5.55. The van der Waals surface area contributed by atoms with E-state index in [0.717, 1.165) is 11.3 Å². The molecule has 0 aliphatic carbocycles. The number of nitrogens with zero attached hydrogens (tertiary/aromatic N) is 1. The topological polar surface area (TPSA) is 38.1 Å². The molecular formula is C13H15FN2O. The highest BCUT2D eigenvalue weighted by Crippen LogP contribution is 2.16. The van der Waals surface area contributed by atoms with E-state index in [2.05, 4.69) is 10.5 Å². The van der Waals surface area contributed by atoms with Crippen molar-refractivity contribution < 1.29 is 8.91 Å². The summed E-state index contributed by atoms with van der Waals surface area (Å²) in [6, 6.07) is 7.16. The number of hydrogen-bond acceptors (Lipinski definition) is 3. The fraction of sp³-hybridized carbons (Fsp3) is 0.308. The van der Waals surface area contributed by atoms with E-state index in [4.69, 9.17) is 4.52 Å². The predicted molar refractivity (Wildman–Crippen MR) is 62.9 cm³/mol. The standard InChI is InChI=1S/C13H15FN2O/c1-9-3-4-11(7-13(9)14)10(2)15-8-12-5-6-17-16-12/h3-7,10,15H,8H2,1-2H3. The van der Waals surface area contributed by atoms with Crippen molar-refractivity contribution in [1.29, 1.82) is 0 Å². The van der Waals surface area contributed by atoms with Crippen LogP contribution in [0.15, 0.2) is 35.1 Å². The third-order valence-corrected chi connectivity index (χ3v) is 2.78. The van der Waals surface area contributed by atoms with Gasteiger partial charge in [0.25, 0.3) is 0 Å². The number of benzene rings is 1. The Hall–Kier alpha value is -1.68. The average molecular weight is 234 g/mol. The molecule has 2 rings (SSSR count). The van der Waals surface area contributed by atoms with Crippen LogP contribution in [0.5, 0.6) is 0 Å². The predicted octanol–water partition coefficient (Wildman–Crippen LogP) is 2.97. The van der Waals surface area contributed by atoms with E-state index in [1.807, 2.05) is 13.0 Å². The second kappa shape index (κ2) is 5.10. The first-order valence-corrected chi connectivity index (χ1v) is 5.55. The minimum atomic E-state index is -0.169. The molecule has 0 spiro atoms. The number of aryl methyl sites for hydroxylation is 1. The molecule has 1 N–H and O–H groups in total. The van der Waals surface area contributed by atoms with Gasteiger partial charge in [-0.1, -0.05) is 17.3 Å². The van der Waals surface area contributed by atoms with Crippen molar-refractivity contribution >= 4 is 0 Å². The van der Waals surface area contributed by atoms with Crippen molar-refractivity contribution in [3.8, 4) is 0 Å². The maximum atomic E-state index is 13.4. The van der Waals surface area contributed by atoms with Crippen molar-refractivity contribution in [2.24, 2.45) is 0 Å². The van der Waals surface area contributed by atoms with Crippen LogP contribution in [0.1, 0.15) is 29.8 Å². The van der Waals surface area contributed by atoms with E-state index in [0.29, 0.717) is 12.1 Å². The van der Waals surface area contributed by atoms with Crippen LogP contribution < -0.4 is 5.32 Å². The van der Waals surface area contributed by atoms with Crippen LogP contribution >= 0.6 is 0 Å². The minimum absolute atomic E-state index is 0.0711. The zero-order valence-corrected chi connectivity index (χ0v) is 9.90. The first kappa shape index (κ1) is 11.8. The van der Waals surface area contributed by atoms with Gasteiger partial charge in [0.15, 0.2) is 0 Å². The molecule has 0 fully saturated rings. The molecule has 2 aromatic rings. The molecule has 17 heavy (non-hydrogen) atoms. The van der Waals surface area contributed by atoms with E-state index in [-0.39, 0.29) is 11.9 Å². The van der Waals surface area contributed by atoms with Crippen LogP contribution in [-0.2, 0) is 6.54 Å². The number of aromatic nitrogens is 1. The Balaban J connectivity index is 1.99. The van der Waals surface area contributed by atoms with Crippen LogP contribution in [0.2, 0.25) is 0 Å². The summed E-state index contributed by atoms with van der Waals surface area (Å²) >= 11 is 0. The maximum absolute atomic E-state index is 13.4. The lowest BCUT2D eigenvalue weighted by molar-refractivity contribution is 0.406. The molecule has 1 atom stereocenters. The lowest BCUT2D eigenvalue weighted by atomic mass is 10.1. The highest BCUT2D eigenvalue weighted by atomic mass is 19.1. The third kappa shape index (κ3) is 2.91. The molecule has 0 saturated carbocycles. The summed E-state index contributed by atoms with van der Waals surface area (Å²) < 4.78 is 18.1. The zero-order valence-electron chi connectivity index (χ0n) is 9.90. The summed E-state index contributed by atoms with van der Waals surface area (Å²) in [6.45, 7) is 4.35. The van der Waals surface area contributed by atoms with Gasteiger partial charge >= 0.3 is 0 Å². The van der Waals surface area contributed by atoms with Crippen LogP contribution in [-0.4, -0.2) is 5.16 Å². The maximum Gasteiger partial charge on any atom is 0.126 e. The van der Waals surface area contributed by atoms with Crippen molar-refractivity contribution in [2.75, 3.05) is 0 Å². The van der Waals surface area contributed by atoms with E-state index >= 15 is 0 Å². The summed E-state index contributed by atoms with van der Waals surface area (Å²) in [7, 11) is 0. The van der Waals surface area contributed by atoms with Gasteiger partial charge < -0.3 is 9.84 Å². The van der Waals surface area contributed by atoms with E-state index in [9.17, 15) is 4.39 Å². The van der Waals surface area contributed by atoms with Gasteiger partial charge in [0.1, 0.15) is 12.1 Å². The van der Waals surface area contributed by atoms with Crippen molar-refractivity contribution in [1.82, 2.24) is 10.5 Å². The molecule has 0 bridgehead atoms. The van der Waals surface area contributed by atoms with Crippen molar-refractivity contribution in [2.45, 2.75) is 26.4 Å². The molecule has 4 heteroatoms. The second-order valence-electron chi connectivity index (χ2n) is 4.10. The minimum Gasteiger partial charge on any atom is -0.364 e.